The van der Waals surface area contributed by atoms with Gasteiger partial charge in [0.05, 0.1) is 0 Å². The standard InChI is InChI=1S/C12H18N2O2.C2H6/c1-7(2)12-8(3)13-11(14-9(12)4)6-16-10(5)15;1-2/h7H,6H2,1-5H3;1-2H3. The van der Waals surface area contributed by atoms with Crippen LogP contribution in [0.1, 0.15) is 63.3 Å². The van der Waals surface area contributed by atoms with E-state index in [1.807, 2.05) is 27.7 Å². The van der Waals surface area contributed by atoms with Gasteiger partial charge in [0.2, 0.25) is 0 Å². The van der Waals surface area contributed by atoms with Gasteiger partial charge in [-0.15, -0.1) is 0 Å². The van der Waals surface area contributed by atoms with Gasteiger partial charge >= 0.3 is 5.97 Å². The summed E-state index contributed by atoms with van der Waals surface area (Å²) in [5.41, 5.74) is 3.10. The second-order valence-electron chi connectivity index (χ2n) is 4.16. The SMILES string of the molecule is CC.CC(=O)OCc1nc(C)c(C(C)C)c(C)n1. The van der Waals surface area contributed by atoms with Crippen LogP contribution in [0.25, 0.3) is 0 Å². The Hall–Kier alpha value is -1.45. The molecule has 0 fully saturated rings. The molecule has 102 valence electrons. The molecule has 0 spiro atoms. The first kappa shape index (κ1) is 16.6. The van der Waals surface area contributed by atoms with Gasteiger partial charge in [-0.3, -0.25) is 4.79 Å². The van der Waals surface area contributed by atoms with Crippen molar-refractivity contribution in [3.8, 4) is 0 Å². The van der Waals surface area contributed by atoms with Crippen LogP contribution < -0.4 is 0 Å². The van der Waals surface area contributed by atoms with E-state index in [1.165, 1.54) is 12.5 Å². The fourth-order valence-corrected chi connectivity index (χ4v) is 1.86. The van der Waals surface area contributed by atoms with E-state index in [0.29, 0.717) is 11.7 Å². The molecule has 0 atom stereocenters. The maximum absolute atomic E-state index is 10.7. The van der Waals surface area contributed by atoms with Crippen molar-refractivity contribution in [2.45, 2.75) is 61.0 Å². The highest BCUT2D eigenvalue weighted by Gasteiger charge is 2.11. The summed E-state index contributed by atoms with van der Waals surface area (Å²) in [4.78, 5) is 19.4. The Kier molecular flexibility index (Phi) is 7.17. The molecule has 1 rings (SSSR count). The predicted octanol–water partition coefficient (Wildman–Crippen LogP) is 3.31. The Bertz CT molecular complexity index is 378. The third-order valence-electron chi connectivity index (χ3n) is 2.35. The van der Waals surface area contributed by atoms with Crippen LogP contribution in [-0.2, 0) is 16.1 Å². The first-order valence-corrected chi connectivity index (χ1v) is 6.39. The zero-order valence-electron chi connectivity index (χ0n) is 12.5. The van der Waals surface area contributed by atoms with Crippen LogP contribution in [0, 0.1) is 13.8 Å². The number of ether oxygens (including phenoxy) is 1. The van der Waals surface area contributed by atoms with E-state index in [1.54, 1.807) is 0 Å². The topological polar surface area (TPSA) is 52.1 Å². The molecule has 0 aromatic carbocycles. The van der Waals surface area contributed by atoms with Crippen molar-refractivity contribution < 1.29 is 9.53 Å². The van der Waals surface area contributed by atoms with E-state index >= 15 is 0 Å². The normalized spacial score (nSPS) is 9.78. The third-order valence-corrected chi connectivity index (χ3v) is 2.35. The maximum atomic E-state index is 10.7. The summed E-state index contributed by atoms with van der Waals surface area (Å²) >= 11 is 0. The summed E-state index contributed by atoms with van der Waals surface area (Å²) in [5, 5.41) is 0. The maximum Gasteiger partial charge on any atom is 0.303 e. The summed E-state index contributed by atoms with van der Waals surface area (Å²) < 4.78 is 4.87. The number of hydrogen-bond acceptors (Lipinski definition) is 4. The van der Waals surface area contributed by atoms with Gasteiger partial charge in [-0.1, -0.05) is 27.7 Å². The number of hydrogen-bond donors (Lipinski definition) is 0. The number of rotatable bonds is 3. The second kappa shape index (κ2) is 7.80. The average molecular weight is 252 g/mol. The average Bonchev–Trinajstić information content (AvgIpc) is 2.27. The minimum atomic E-state index is -0.313. The lowest BCUT2D eigenvalue weighted by Gasteiger charge is -2.13. The highest BCUT2D eigenvalue weighted by molar-refractivity contribution is 5.65. The van der Waals surface area contributed by atoms with Crippen LogP contribution in [0.3, 0.4) is 0 Å². The molecule has 1 heterocycles. The van der Waals surface area contributed by atoms with Crippen LogP contribution in [-0.4, -0.2) is 15.9 Å². The molecule has 0 saturated heterocycles. The van der Waals surface area contributed by atoms with Crippen LogP contribution in [0.2, 0.25) is 0 Å². The Labute approximate surface area is 110 Å². The number of carbonyl (C=O) groups is 1. The van der Waals surface area contributed by atoms with Crippen molar-refractivity contribution >= 4 is 5.97 Å². The lowest BCUT2D eigenvalue weighted by molar-refractivity contribution is -0.142. The minimum absolute atomic E-state index is 0.148. The van der Waals surface area contributed by atoms with Crippen molar-refractivity contribution in [2.24, 2.45) is 0 Å². The third kappa shape index (κ3) is 4.82. The molecule has 0 saturated carbocycles. The first-order valence-electron chi connectivity index (χ1n) is 6.39. The van der Waals surface area contributed by atoms with E-state index in [-0.39, 0.29) is 12.6 Å². The van der Waals surface area contributed by atoms with Crippen molar-refractivity contribution in [1.29, 1.82) is 0 Å². The molecule has 4 nitrogen and oxygen atoms in total. The smallest absolute Gasteiger partial charge is 0.303 e. The Balaban J connectivity index is 0.00000137. The van der Waals surface area contributed by atoms with Gasteiger partial charge in [0.25, 0.3) is 0 Å². The van der Waals surface area contributed by atoms with Crippen molar-refractivity contribution in [2.75, 3.05) is 0 Å². The fraction of sp³-hybridized carbons (Fsp3) is 0.643. The van der Waals surface area contributed by atoms with Gasteiger partial charge in [-0.25, -0.2) is 9.97 Å². The zero-order chi connectivity index (χ0) is 14.3. The minimum Gasteiger partial charge on any atom is -0.458 e. The summed E-state index contributed by atoms with van der Waals surface area (Å²) in [5.74, 6) is 0.657. The summed E-state index contributed by atoms with van der Waals surface area (Å²) in [7, 11) is 0. The van der Waals surface area contributed by atoms with E-state index in [0.717, 1.165) is 11.4 Å². The van der Waals surface area contributed by atoms with Gasteiger partial charge in [0.1, 0.15) is 0 Å². The van der Waals surface area contributed by atoms with Crippen molar-refractivity contribution in [1.82, 2.24) is 9.97 Å². The summed E-state index contributed by atoms with van der Waals surface area (Å²) in [6.07, 6.45) is 0. The van der Waals surface area contributed by atoms with Crippen LogP contribution in [0.15, 0.2) is 0 Å². The lowest BCUT2D eigenvalue weighted by atomic mass is 10.0. The molecule has 0 unspecified atom stereocenters. The molecule has 0 radical (unpaired) electrons. The highest BCUT2D eigenvalue weighted by atomic mass is 16.5. The molecule has 0 aliphatic carbocycles. The van der Waals surface area contributed by atoms with E-state index in [2.05, 4.69) is 23.8 Å². The van der Waals surface area contributed by atoms with Gasteiger partial charge in [-0.2, -0.15) is 0 Å². The Morgan fingerprint density at radius 3 is 1.94 bits per heavy atom. The molecule has 18 heavy (non-hydrogen) atoms. The van der Waals surface area contributed by atoms with E-state index in [4.69, 9.17) is 4.74 Å². The number of nitrogens with zero attached hydrogens (tertiary/aromatic N) is 2. The summed E-state index contributed by atoms with van der Waals surface area (Å²) in [6, 6.07) is 0. The van der Waals surface area contributed by atoms with Crippen LogP contribution in [0.4, 0.5) is 0 Å². The highest BCUT2D eigenvalue weighted by Crippen LogP contribution is 2.20. The molecule has 0 aliphatic heterocycles. The van der Waals surface area contributed by atoms with Gasteiger partial charge in [-0.05, 0) is 25.3 Å². The first-order chi connectivity index (χ1) is 8.41. The van der Waals surface area contributed by atoms with Crippen molar-refractivity contribution in [3.63, 3.8) is 0 Å². The molecule has 0 amide bonds. The molecule has 0 N–H and O–H groups in total. The van der Waals surface area contributed by atoms with Crippen LogP contribution >= 0.6 is 0 Å². The Morgan fingerprint density at radius 2 is 1.61 bits per heavy atom. The van der Waals surface area contributed by atoms with Gasteiger partial charge < -0.3 is 4.74 Å². The molecular weight excluding hydrogens is 228 g/mol. The van der Waals surface area contributed by atoms with Gasteiger partial charge in [0.15, 0.2) is 12.4 Å². The number of esters is 1. The largest absolute Gasteiger partial charge is 0.458 e. The number of carbonyl (C=O) groups excluding carboxylic acids is 1. The monoisotopic (exact) mass is 252 g/mol. The molecule has 1 aromatic rings. The second-order valence-corrected chi connectivity index (χ2v) is 4.16. The fourth-order valence-electron chi connectivity index (χ4n) is 1.86. The summed E-state index contributed by atoms with van der Waals surface area (Å²) in [6.45, 7) is 13.7. The van der Waals surface area contributed by atoms with E-state index < -0.39 is 0 Å². The molecular formula is C14H24N2O2. The molecule has 0 bridgehead atoms. The van der Waals surface area contributed by atoms with Crippen molar-refractivity contribution in [3.05, 3.63) is 22.8 Å². The predicted molar refractivity (Wildman–Crippen MR) is 72.4 cm³/mol. The quantitative estimate of drug-likeness (QED) is 0.774. The zero-order valence-corrected chi connectivity index (χ0v) is 12.5. The van der Waals surface area contributed by atoms with E-state index in [9.17, 15) is 4.79 Å². The molecule has 0 aliphatic rings. The lowest BCUT2D eigenvalue weighted by Crippen LogP contribution is -2.09. The van der Waals surface area contributed by atoms with Crippen LogP contribution in [0.5, 0.6) is 0 Å². The number of aromatic nitrogens is 2. The van der Waals surface area contributed by atoms with Gasteiger partial charge in [0, 0.05) is 18.3 Å². The molecule has 1 aromatic heterocycles. The Morgan fingerprint density at radius 1 is 1.17 bits per heavy atom. The number of aryl methyl sites for hydroxylation is 2. The molecule has 4 heteroatoms.